The normalized spacial score (nSPS) is 38.8. The average molecular weight is 2070 g/mol. The molecule has 828 valence electrons. The van der Waals surface area contributed by atoms with Gasteiger partial charge in [-0.2, -0.15) is 0 Å². The Balaban J connectivity index is 0.000000325. The summed E-state index contributed by atoms with van der Waals surface area (Å²) in [6.45, 7) is 37.5. The Hall–Kier alpha value is -6.98. The lowest BCUT2D eigenvalue weighted by Gasteiger charge is -2.49. The molecule has 10 rings (SSSR count). The molecule has 6 saturated heterocycles. The third-order valence-corrected chi connectivity index (χ3v) is 31.4. The van der Waals surface area contributed by atoms with Crippen LogP contribution in [0.5, 0.6) is 0 Å². The molecule has 2 aromatic carbocycles. The second-order valence-corrected chi connectivity index (χ2v) is 44.2. The molecule has 4 aromatic rings. The molecule has 2 unspecified atom stereocenters. The zero-order valence-electron chi connectivity index (χ0n) is 91.7. The van der Waals surface area contributed by atoms with E-state index < -0.39 is 215 Å². The van der Waals surface area contributed by atoms with Crippen LogP contribution in [0.15, 0.2) is 76.8 Å². The number of methoxy groups -OCH3 is 2. The summed E-state index contributed by atoms with van der Waals surface area (Å²) in [6, 6.07) is 8.84. The van der Waals surface area contributed by atoms with Crippen molar-refractivity contribution >= 4 is 51.8 Å². The SMILES string of the molecule is CC[C@H]1OC(=O)[C@H](C)[C@@H](OC2C[C@@](C)(OC)[C@@H](OCCOC=CCc3ccc4c(c3)c(=O)c(C(=O)O)cn4C)[C@H](C)O2)[C@H](C)[C@@H](O[C@@H]2O[C@H](C)C[C@H](N(C)C)[C@H]2O)[C@](C)(O)C[C@@H](C)CN(C)[C@H](C)[C@H](O)[C@]1(C)O.CC[C@H]1OC(=O)[C@H](C)[C@@H](OC2C[C@@](C)(OC)[C@@H](OCCOCC=Cc3ccc4c(c3)c(=O)c(C(=O)O)cn4C)[C@H](C)O2)[C@H](C)[C@@H](O[C@@H]2O[C@H](C)C[C@H](N(C)C)[C@H]2O)[C@](C)(O)C[C@@H](C)CN(C)[C@H](C)[C@H](O)[C@]1(C)O. The summed E-state index contributed by atoms with van der Waals surface area (Å²) in [5, 5.41) is 116. The molecule has 8 heterocycles. The first-order chi connectivity index (χ1) is 68.1. The van der Waals surface area contributed by atoms with Crippen molar-refractivity contribution in [2.75, 3.05) is 103 Å². The number of likely N-dealkylation sites (N-methyl/N-ethyl adjacent to an activating group) is 4. The number of carbonyl (C=O) groups excluding carboxylic acids is 2. The van der Waals surface area contributed by atoms with Crippen LogP contribution < -0.4 is 10.9 Å². The van der Waals surface area contributed by atoms with Gasteiger partial charge in [-0.25, -0.2) is 9.59 Å². The van der Waals surface area contributed by atoms with Gasteiger partial charge in [-0.15, -0.1) is 0 Å². The van der Waals surface area contributed by atoms with Gasteiger partial charge in [0.2, 0.25) is 10.9 Å². The number of rotatable bonds is 30. The number of fused-ring (bicyclic) bond motifs is 2. The minimum Gasteiger partial charge on any atom is -0.499 e. The Bertz CT molecular complexity index is 5090. The van der Waals surface area contributed by atoms with Crippen LogP contribution in [0.25, 0.3) is 27.9 Å². The number of aliphatic hydroxyl groups excluding tert-OH is 4. The van der Waals surface area contributed by atoms with E-state index in [2.05, 4.69) is 0 Å². The number of hydrogen-bond donors (Lipinski definition) is 10. The summed E-state index contributed by atoms with van der Waals surface area (Å²) in [7, 11) is 17.7. The van der Waals surface area contributed by atoms with Gasteiger partial charge < -0.3 is 156 Å². The van der Waals surface area contributed by atoms with Gasteiger partial charge in [-0.05, 0) is 237 Å². The van der Waals surface area contributed by atoms with Crippen LogP contribution in [0.2, 0.25) is 0 Å². The lowest BCUT2D eigenvalue weighted by Crippen LogP contribution is -2.61. The van der Waals surface area contributed by atoms with Crippen molar-refractivity contribution in [1.82, 2.24) is 28.7 Å². The first-order valence-corrected chi connectivity index (χ1v) is 51.7. The highest BCUT2D eigenvalue weighted by molar-refractivity contribution is 5.94. The van der Waals surface area contributed by atoms with Crippen LogP contribution in [0.4, 0.5) is 0 Å². The number of hydrogen-bond acceptors (Lipinski definition) is 34. The number of cyclic esters (lactones) is 2. The molecule has 6 aliphatic heterocycles. The molecule has 0 bridgehead atoms. The second kappa shape index (κ2) is 52.1. The lowest BCUT2D eigenvalue weighted by atomic mass is 9.77. The van der Waals surface area contributed by atoms with Crippen LogP contribution in [0.1, 0.15) is 222 Å². The van der Waals surface area contributed by atoms with E-state index in [1.807, 2.05) is 143 Å². The monoisotopic (exact) mass is 2070 g/mol. The molecule has 6 aliphatic rings. The highest BCUT2D eigenvalue weighted by Gasteiger charge is 2.58. The van der Waals surface area contributed by atoms with Gasteiger partial charge in [0.15, 0.2) is 25.2 Å². The van der Waals surface area contributed by atoms with Gasteiger partial charge in [0, 0.05) is 113 Å². The van der Waals surface area contributed by atoms with E-state index in [1.165, 1.54) is 26.2 Å². The number of ether oxygens (including phenoxy) is 16. The lowest BCUT2D eigenvalue weighted by molar-refractivity contribution is -0.321. The number of allylic oxidation sites excluding steroid dienone is 1. The van der Waals surface area contributed by atoms with E-state index in [1.54, 1.807) is 142 Å². The van der Waals surface area contributed by atoms with E-state index in [9.17, 15) is 79.8 Å². The Morgan fingerprint density at radius 2 is 0.904 bits per heavy atom. The number of nitrogens with zero attached hydrogens (tertiary/aromatic N) is 6. The molecule has 2 aromatic heterocycles. The number of aromatic nitrogens is 2. The van der Waals surface area contributed by atoms with Crippen LogP contribution in [0.3, 0.4) is 0 Å². The van der Waals surface area contributed by atoms with Gasteiger partial charge >= 0.3 is 23.9 Å². The van der Waals surface area contributed by atoms with Gasteiger partial charge in [0.1, 0.15) is 77.8 Å². The molecule has 38 heteroatoms. The van der Waals surface area contributed by atoms with Crippen molar-refractivity contribution in [2.24, 2.45) is 49.6 Å². The van der Waals surface area contributed by atoms with Gasteiger partial charge in [-0.1, -0.05) is 65.8 Å². The first kappa shape index (κ1) is 123. The number of carbonyl (C=O) groups is 4. The zero-order chi connectivity index (χ0) is 109. The van der Waals surface area contributed by atoms with Crippen molar-refractivity contribution in [3.05, 3.63) is 110 Å². The summed E-state index contributed by atoms with van der Waals surface area (Å²) in [5.74, 6) is -8.05. The maximum absolute atomic E-state index is 14.6. The number of aryl methyl sites for hydroxylation is 2. The quantitative estimate of drug-likeness (QED) is 0.0133. The van der Waals surface area contributed by atoms with E-state index in [0.29, 0.717) is 59.7 Å². The summed E-state index contributed by atoms with van der Waals surface area (Å²) in [6.07, 6.45) is -6.35. The van der Waals surface area contributed by atoms with Crippen LogP contribution >= 0.6 is 0 Å². The first-order valence-electron chi connectivity index (χ1n) is 51.7. The standard InChI is InChI=1S/2C54H87N3O16/c2*1-16-41-54(10,65)46(60)34(6)56(13)28-30(2)26-52(8,64)47(73-51-44(59)40(55(11)12)24-31(3)69-51)32(4)45(33(5)50(63)71-41)72-42-27-53(9,66-15)48(35(7)70-42)68-23-22-67-21-17-18-36-19-20-39-37(25-36)43(58)38(49(61)62)29-57(39)14/h17,19-21,25,29-35,40-42,44-48,51,59-60,64-65H,16,18,22-24,26-28H2,1-15H3,(H,61,62);17-20,25,29-35,40-42,44-48,51,59-60,64-65H,16,21-24,26-28H2,1-15H3,(H,61,62)/t2*30-,31-,32+,33-,34-,35+,40+,41-,42?,44-,45+,46+,47-,48+,51+,52-,53-,54-/m11/s1. The summed E-state index contributed by atoms with van der Waals surface area (Å²) in [5.41, 5.74) is -7.78. The van der Waals surface area contributed by atoms with Gasteiger partial charge in [0.05, 0.1) is 127 Å². The molecule has 36 atom stereocenters. The van der Waals surface area contributed by atoms with Crippen LogP contribution in [-0.2, 0) is 106 Å². The molecular formula is C108H174N6O32. The zero-order valence-corrected chi connectivity index (χ0v) is 91.7. The fraction of sp³-hybridized carbons (Fsp3) is 0.759. The summed E-state index contributed by atoms with van der Waals surface area (Å²) in [4.78, 5) is 85.8. The molecule has 0 spiro atoms. The van der Waals surface area contributed by atoms with E-state index in [0.717, 1.165) is 5.56 Å². The number of esters is 2. The highest BCUT2D eigenvalue weighted by Crippen LogP contribution is 2.45. The number of aliphatic hydroxyl groups is 8. The molecule has 0 amide bonds. The molecule has 0 saturated carbocycles. The van der Waals surface area contributed by atoms with Crippen molar-refractivity contribution in [2.45, 2.75) is 377 Å². The molecule has 0 radical (unpaired) electrons. The summed E-state index contributed by atoms with van der Waals surface area (Å²) >= 11 is 0. The van der Waals surface area contributed by atoms with E-state index in [4.69, 9.17) is 75.8 Å². The van der Waals surface area contributed by atoms with Crippen molar-refractivity contribution in [3.8, 4) is 0 Å². The van der Waals surface area contributed by atoms with Gasteiger partial charge in [-0.3, -0.25) is 19.2 Å². The van der Waals surface area contributed by atoms with Crippen LogP contribution in [-0.4, -0.2) is 387 Å². The molecule has 10 N–H and O–H groups in total. The maximum Gasteiger partial charge on any atom is 0.341 e. The number of carboxylic acids is 2. The fourth-order valence-corrected chi connectivity index (χ4v) is 22.8. The van der Waals surface area contributed by atoms with E-state index in [-0.39, 0.29) is 119 Å². The maximum atomic E-state index is 14.6. The number of pyridine rings is 2. The predicted octanol–water partition coefficient (Wildman–Crippen LogP) is 8.45. The van der Waals surface area contributed by atoms with Gasteiger partial charge in [0.25, 0.3) is 0 Å². The molecule has 38 nitrogen and oxygen atoms in total. The molecular weight excluding hydrogens is 1890 g/mol. The Kier molecular flexibility index (Phi) is 43.7. The minimum absolute atomic E-state index is 0.154. The Morgan fingerprint density at radius 3 is 1.29 bits per heavy atom. The average Bonchev–Trinajstić information content (AvgIpc) is 1.29. The van der Waals surface area contributed by atoms with Crippen molar-refractivity contribution < 1.29 is 146 Å². The number of benzene rings is 2. The Labute approximate surface area is 861 Å². The minimum atomic E-state index is -1.84. The highest BCUT2D eigenvalue weighted by atomic mass is 16.7. The molecule has 146 heavy (non-hydrogen) atoms. The molecule has 6 fully saturated rings. The number of aromatic carboxylic acids is 2. The topological polar surface area (TPSA) is 475 Å². The molecule has 0 aliphatic carbocycles. The smallest absolute Gasteiger partial charge is 0.341 e. The van der Waals surface area contributed by atoms with Crippen molar-refractivity contribution in [1.29, 1.82) is 0 Å². The third kappa shape index (κ3) is 29.5. The largest absolute Gasteiger partial charge is 0.499 e. The summed E-state index contributed by atoms with van der Waals surface area (Å²) < 4.78 is 105. The fourth-order valence-electron chi connectivity index (χ4n) is 22.8. The second-order valence-electron chi connectivity index (χ2n) is 44.2. The Morgan fingerprint density at radius 1 is 0.507 bits per heavy atom. The number of carboxylic acid groups (broad SMARTS) is 2. The van der Waals surface area contributed by atoms with Crippen molar-refractivity contribution in [3.63, 3.8) is 0 Å². The predicted molar refractivity (Wildman–Crippen MR) is 547 cm³/mol. The van der Waals surface area contributed by atoms with Crippen LogP contribution in [0, 0.1) is 35.5 Å². The third-order valence-electron chi connectivity index (χ3n) is 31.4. The van der Waals surface area contributed by atoms with E-state index >= 15 is 0 Å².